The SMILES string of the molecule is ON(c1cc(F)ccc1-n1nccn1)N1CCC(F)(F)C1CNc1ncc(C(F)(F)F)cn1. The molecule has 0 bridgehead atoms. The van der Waals surface area contributed by atoms with Gasteiger partial charge in [-0.2, -0.15) is 33.5 Å². The largest absolute Gasteiger partial charge is 0.419 e. The van der Waals surface area contributed by atoms with E-state index in [0.29, 0.717) is 17.6 Å². The van der Waals surface area contributed by atoms with Crippen molar-refractivity contribution in [2.24, 2.45) is 0 Å². The summed E-state index contributed by atoms with van der Waals surface area (Å²) in [7, 11) is 0. The standard InChI is InChI=1S/C18H16F6N8O/c19-12-1-2-13(31-28-4-5-29-31)14(7-12)32(33)30-6-3-17(20,21)15(30)10-27-16-25-8-11(9-26-16)18(22,23)24/h1-2,4-5,7-9,15,33H,3,6,10H2,(H,25,26,27). The summed E-state index contributed by atoms with van der Waals surface area (Å²) >= 11 is 0. The third-order valence-electron chi connectivity index (χ3n) is 4.98. The van der Waals surface area contributed by atoms with Crippen molar-refractivity contribution in [3.63, 3.8) is 0 Å². The molecule has 9 nitrogen and oxygen atoms in total. The fourth-order valence-corrected chi connectivity index (χ4v) is 3.34. The minimum atomic E-state index is -4.64. The van der Waals surface area contributed by atoms with Gasteiger partial charge < -0.3 is 5.32 Å². The maximum atomic E-state index is 14.6. The zero-order valence-electron chi connectivity index (χ0n) is 16.6. The van der Waals surface area contributed by atoms with Gasteiger partial charge in [0.25, 0.3) is 5.92 Å². The molecule has 0 aliphatic carbocycles. The van der Waals surface area contributed by atoms with E-state index in [1.165, 1.54) is 18.5 Å². The summed E-state index contributed by atoms with van der Waals surface area (Å²) < 4.78 is 81.0. The van der Waals surface area contributed by atoms with Gasteiger partial charge in [-0.05, 0) is 12.1 Å². The molecule has 0 saturated carbocycles. The summed E-state index contributed by atoms with van der Waals surface area (Å²) in [4.78, 5) is 8.06. The van der Waals surface area contributed by atoms with Gasteiger partial charge in [-0.1, -0.05) is 0 Å². The minimum Gasteiger partial charge on any atom is -0.352 e. The summed E-state index contributed by atoms with van der Waals surface area (Å²) in [5.41, 5.74) is -1.16. The number of nitrogens with zero attached hydrogens (tertiary/aromatic N) is 7. The zero-order chi connectivity index (χ0) is 23.8. The second-order valence-electron chi connectivity index (χ2n) is 7.10. The second kappa shape index (κ2) is 8.47. The Bertz CT molecular complexity index is 1090. The van der Waals surface area contributed by atoms with Crippen LogP contribution in [-0.2, 0) is 6.18 Å². The van der Waals surface area contributed by atoms with E-state index >= 15 is 0 Å². The lowest BCUT2D eigenvalue weighted by atomic mass is 10.1. The first-order valence-electron chi connectivity index (χ1n) is 9.49. The maximum absolute atomic E-state index is 14.6. The van der Waals surface area contributed by atoms with Gasteiger partial charge in [-0.3, -0.25) is 5.21 Å². The van der Waals surface area contributed by atoms with Crippen molar-refractivity contribution in [2.45, 2.75) is 24.6 Å². The molecular formula is C18H16F6N8O. The van der Waals surface area contributed by atoms with Crippen LogP contribution in [0.25, 0.3) is 5.69 Å². The van der Waals surface area contributed by atoms with E-state index in [-0.39, 0.29) is 23.9 Å². The van der Waals surface area contributed by atoms with E-state index in [1.807, 2.05) is 0 Å². The molecule has 1 unspecified atom stereocenters. The predicted molar refractivity (Wildman–Crippen MR) is 101 cm³/mol. The van der Waals surface area contributed by atoms with E-state index in [4.69, 9.17) is 0 Å². The highest BCUT2D eigenvalue weighted by Crippen LogP contribution is 2.37. The maximum Gasteiger partial charge on any atom is 0.419 e. The van der Waals surface area contributed by atoms with Gasteiger partial charge in [-0.25, -0.2) is 23.1 Å². The summed E-state index contributed by atoms with van der Waals surface area (Å²) in [6.45, 7) is -0.827. The first-order valence-corrected chi connectivity index (χ1v) is 9.49. The summed E-state index contributed by atoms with van der Waals surface area (Å²) in [5.74, 6) is -4.33. The number of hydrogen-bond donors (Lipinski definition) is 2. The Labute approximate surface area is 182 Å². The van der Waals surface area contributed by atoms with Crippen LogP contribution in [-0.4, -0.2) is 60.2 Å². The van der Waals surface area contributed by atoms with Gasteiger partial charge in [0.05, 0.1) is 18.0 Å². The Morgan fingerprint density at radius 2 is 1.82 bits per heavy atom. The van der Waals surface area contributed by atoms with Crippen molar-refractivity contribution in [1.29, 1.82) is 0 Å². The summed E-state index contributed by atoms with van der Waals surface area (Å²) in [5, 5.41) is 22.3. The van der Waals surface area contributed by atoms with Crippen LogP contribution in [0.2, 0.25) is 0 Å². The summed E-state index contributed by atoms with van der Waals surface area (Å²) in [6, 6.07) is 1.63. The van der Waals surface area contributed by atoms with Crippen molar-refractivity contribution >= 4 is 11.6 Å². The van der Waals surface area contributed by atoms with Crippen LogP contribution >= 0.6 is 0 Å². The van der Waals surface area contributed by atoms with Gasteiger partial charge in [0.15, 0.2) is 0 Å². The Balaban J connectivity index is 1.56. The van der Waals surface area contributed by atoms with Crippen molar-refractivity contribution in [3.05, 3.63) is 54.4 Å². The number of hydrazine groups is 1. The molecule has 0 spiro atoms. The second-order valence-corrected chi connectivity index (χ2v) is 7.10. The van der Waals surface area contributed by atoms with Gasteiger partial charge in [0, 0.05) is 38.0 Å². The third kappa shape index (κ3) is 4.68. The number of rotatable bonds is 6. The molecule has 33 heavy (non-hydrogen) atoms. The number of hydrogen-bond acceptors (Lipinski definition) is 8. The van der Waals surface area contributed by atoms with Crippen LogP contribution in [0.15, 0.2) is 43.0 Å². The molecule has 15 heteroatoms. The van der Waals surface area contributed by atoms with Crippen molar-refractivity contribution in [3.8, 4) is 5.69 Å². The van der Waals surface area contributed by atoms with Crippen molar-refractivity contribution in [1.82, 2.24) is 30.0 Å². The summed E-state index contributed by atoms with van der Waals surface area (Å²) in [6.07, 6.45) is -1.54. The molecular weight excluding hydrogens is 458 g/mol. The molecule has 4 rings (SSSR count). The first-order chi connectivity index (χ1) is 15.6. The van der Waals surface area contributed by atoms with Gasteiger partial charge >= 0.3 is 6.18 Å². The van der Waals surface area contributed by atoms with Crippen LogP contribution < -0.4 is 10.5 Å². The third-order valence-corrected chi connectivity index (χ3v) is 4.98. The fraction of sp³-hybridized carbons (Fsp3) is 0.333. The zero-order valence-corrected chi connectivity index (χ0v) is 16.6. The smallest absolute Gasteiger partial charge is 0.352 e. The van der Waals surface area contributed by atoms with Crippen LogP contribution in [0, 0.1) is 5.82 Å². The monoisotopic (exact) mass is 474 g/mol. The van der Waals surface area contributed by atoms with Gasteiger partial charge in [0.1, 0.15) is 23.2 Å². The average Bonchev–Trinajstić information content (AvgIpc) is 3.39. The molecule has 3 aromatic rings. The van der Waals surface area contributed by atoms with E-state index < -0.39 is 42.5 Å². The molecule has 176 valence electrons. The van der Waals surface area contributed by atoms with E-state index in [9.17, 15) is 31.5 Å². The first kappa shape index (κ1) is 22.7. The quantitative estimate of drug-likeness (QED) is 0.416. The molecule has 1 aliphatic rings. The molecule has 0 radical (unpaired) electrons. The highest BCUT2D eigenvalue weighted by molar-refractivity contribution is 5.60. The van der Waals surface area contributed by atoms with E-state index in [2.05, 4.69) is 25.5 Å². The van der Waals surface area contributed by atoms with Crippen LogP contribution in [0.4, 0.5) is 38.0 Å². The van der Waals surface area contributed by atoms with E-state index in [0.717, 1.165) is 21.9 Å². The highest BCUT2D eigenvalue weighted by atomic mass is 19.4. The van der Waals surface area contributed by atoms with Crippen LogP contribution in [0.1, 0.15) is 12.0 Å². The van der Waals surface area contributed by atoms with Gasteiger partial charge in [0.2, 0.25) is 5.95 Å². The number of anilines is 2. The average molecular weight is 474 g/mol. The number of alkyl halides is 5. The minimum absolute atomic E-state index is 0.122. The Hall–Kier alpha value is -3.46. The lowest BCUT2D eigenvalue weighted by Gasteiger charge is -2.34. The highest BCUT2D eigenvalue weighted by Gasteiger charge is 2.51. The van der Waals surface area contributed by atoms with Crippen LogP contribution in [0.5, 0.6) is 0 Å². The Morgan fingerprint density at radius 3 is 2.45 bits per heavy atom. The topological polar surface area (TPSA) is 95.2 Å². The normalized spacial score (nSPS) is 18.5. The van der Waals surface area contributed by atoms with Crippen LogP contribution in [0.3, 0.4) is 0 Å². The van der Waals surface area contributed by atoms with Crippen molar-refractivity contribution < 1.29 is 31.5 Å². The predicted octanol–water partition coefficient (Wildman–Crippen LogP) is 3.15. The molecule has 1 fully saturated rings. The van der Waals surface area contributed by atoms with Crippen molar-refractivity contribution in [2.75, 3.05) is 23.6 Å². The van der Waals surface area contributed by atoms with E-state index in [1.54, 1.807) is 0 Å². The molecule has 2 N–H and O–H groups in total. The molecule has 2 aromatic heterocycles. The number of halogens is 6. The molecule has 1 atom stereocenters. The Kier molecular flexibility index (Phi) is 5.84. The molecule has 1 saturated heterocycles. The molecule has 1 aromatic carbocycles. The fourth-order valence-electron chi connectivity index (χ4n) is 3.34. The van der Waals surface area contributed by atoms with Gasteiger partial charge in [-0.15, -0.1) is 4.80 Å². The number of aromatic nitrogens is 5. The number of benzene rings is 1. The molecule has 3 heterocycles. The molecule has 0 amide bonds. The number of nitrogens with one attached hydrogen (secondary N) is 1. The molecule has 1 aliphatic heterocycles. The Morgan fingerprint density at radius 1 is 1.15 bits per heavy atom. The lowest BCUT2D eigenvalue weighted by Crippen LogP contribution is -2.51. The lowest BCUT2D eigenvalue weighted by molar-refractivity contribution is -0.138.